The maximum Gasteiger partial charge on any atom is 0.311 e. The molecule has 0 atom stereocenters. The SMILES string of the molecule is COC(=O)Cc1csc(NC(=O)COC(=O)CCOc2ccc(C)cc2)n1. The molecule has 1 aromatic carbocycles. The first-order chi connectivity index (χ1) is 13.0. The molecule has 9 heteroatoms. The van der Waals surface area contributed by atoms with Gasteiger partial charge in [-0.05, 0) is 19.1 Å². The summed E-state index contributed by atoms with van der Waals surface area (Å²) >= 11 is 1.17. The Morgan fingerprint density at radius 2 is 1.89 bits per heavy atom. The van der Waals surface area contributed by atoms with E-state index in [4.69, 9.17) is 9.47 Å². The van der Waals surface area contributed by atoms with Crippen LogP contribution in [0.25, 0.3) is 0 Å². The van der Waals surface area contributed by atoms with E-state index in [1.165, 1.54) is 18.4 Å². The van der Waals surface area contributed by atoms with Crippen LogP contribution in [-0.4, -0.2) is 43.2 Å². The molecule has 0 radical (unpaired) electrons. The van der Waals surface area contributed by atoms with Crippen LogP contribution in [0.15, 0.2) is 29.6 Å². The number of amides is 1. The summed E-state index contributed by atoms with van der Waals surface area (Å²) < 4.78 is 14.9. The molecule has 0 unspecified atom stereocenters. The molecular formula is C18H20N2O6S. The van der Waals surface area contributed by atoms with Crippen molar-refractivity contribution in [1.82, 2.24) is 4.98 Å². The summed E-state index contributed by atoms with van der Waals surface area (Å²) in [4.78, 5) is 38.7. The van der Waals surface area contributed by atoms with Crippen molar-refractivity contribution in [2.45, 2.75) is 19.8 Å². The van der Waals surface area contributed by atoms with Crippen LogP contribution in [0, 0.1) is 6.92 Å². The highest BCUT2D eigenvalue weighted by Gasteiger charge is 2.12. The van der Waals surface area contributed by atoms with E-state index in [1.807, 2.05) is 31.2 Å². The van der Waals surface area contributed by atoms with Gasteiger partial charge in [0, 0.05) is 5.38 Å². The minimum atomic E-state index is -0.539. The first kappa shape index (κ1) is 20.4. The van der Waals surface area contributed by atoms with Crippen molar-refractivity contribution in [3.05, 3.63) is 40.9 Å². The van der Waals surface area contributed by atoms with Crippen LogP contribution in [0.5, 0.6) is 5.75 Å². The Morgan fingerprint density at radius 1 is 1.15 bits per heavy atom. The summed E-state index contributed by atoms with van der Waals surface area (Å²) in [6.07, 6.45) is 0.0561. The molecule has 0 aliphatic carbocycles. The standard InChI is InChI=1S/C18H20N2O6S/c1-12-3-5-14(6-4-12)25-8-7-16(22)26-10-15(21)20-18-19-13(11-27-18)9-17(23)24-2/h3-6,11H,7-10H2,1-2H3,(H,19,20,21). The summed E-state index contributed by atoms with van der Waals surface area (Å²) in [5.41, 5.74) is 1.61. The maximum absolute atomic E-state index is 11.8. The monoisotopic (exact) mass is 392 g/mol. The van der Waals surface area contributed by atoms with Crippen LogP contribution in [-0.2, 0) is 30.3 Å². The number of hydrogen-bond donors (Lipinski definition) is 1. The van der Waals surface area contributed by atoms with Crippen LogP contribution >= 0.6 is 11.3 Å². The molecule has 0 saturated carbocycles. The van der Waals surface area contributed by atoms with Gasteiger partial charge < -0.3 is 14.2 Å². The summed E-state index contributed by atoms with van der Waals surface area (Å²) in [6.45, 7) is 1.71. The molecule has 1 amide bonds. The second-order valence-electron chi connectivity index (χ2n) is 5.52. The van der Waals surface area contributed by atoms with Crippen molar-refractivity contribution in [3.8, 4) is 5.75 Å². The summed E-state index contributed by atoms with van der Waals surface area (Å²) in [5.74, 6) is -0.804. The lowest BCUT2D eigenvalue weighted by atomic mass is 10.2. The molecule has 1 heterocycles. The van der Waals surface area contributed by atoms with Crippen LogP contribution < -0.4 is 10.1 Å². The van der Waals surface area contributed by atoms with Gasteiger partial charge in [-0.1, -0.05) is 17.7 Å². The van der Waals surface area contributed by atoms with Crippen LogP contribution in [0.1, 0.15) is 17.7 Å². The molecule has 2 aromatic rings. The van der Waals surface area contributed by atoms with Gasteiger partial charge in [0.25, 0.3) is 5.91 Å². The Labute approximate surface area is 160 Å². The lowest BCUT2D eigenvalue weighted by molar-refractivity contribution is -0.147. The van der Waals surface area contributed by atoms with E-state index in [9.17, 15) is 14.4 Å². The van der Waals surface area contributed by atoms with Crippen molar-refractivity contribution in [2.24, 2.45) is 0 Å². The number of hydrogen-bond acceptors (Lipinski definition) is 8. The molecule has 0 saturated heterocycles. The summed E-state index contributed by atoms with van der Waals surface area (Å²) in [7, 11) is 1.29. The highest BCUT2D eigenvalue weighted by atomic mass is 32.1. The quantitative estimate of drug-likeness (QED) is 0.652. The smallest absolute Gasteiger partial charge is 0.311 e. The van der Waals surface area contributed by atoms with E-state index >= 15 is 0 Å². The number of ether oxygens (including phenoxy) is 3. The van der Waals surface area contributed by atoms with Crippen molar-refractivity contribution in [1.29, 1.82) is 0 Å². The number of carbonyl (C=O) groups is 3. The Kier molecular flexibility index (Phi) is 7.75. The number of carbonyl (C=O) groups excluding carboxylic acids is 3. The van der Waals surface area contributed by atoms with Crippen molar-refractivity contribution >= 4 is 34.3 Å². The molecular weight excluding hydrogens is 372 g/mol. The number of esters is 2. The minimum absolute atomic E-state index is 0.0266. The van der Waals surface area contributed by atoms with Crippen molar-refractivity contribution in [3.63, 3.8) is 0 Å². The van der Waals surface area contributed by atoms with E-state index in [0.29, 0.717) is 16.6 Å². The van der Waals surface area contributed by atoms with Gasteiger partial charge in [0.15, 0.2) is 11.7 Å². The van der Waals surface area contributed by atoms with E-state index < -0.39 is 24.5 Å². The predicted molar refractivity (Wildman–Crippen MR) is 98.7 cm³/mol. The lowest BCUT2D eigenvalue weighted by Gasteiger charge is -2.07. The highest BCUT2D eigenvalue weighted by molar-refractivity contribution is 7.13. The zero-order valence-corrected chi connectivity index (χ0v) is 15.8. The van der Waals surface area contributed by atoms with Gasteiger partial charge in [0.1, 0.15) is 5.75 Å². The number of benzene rings is 1. The third-order valence-corrected chi connectivity index (χ3v) is 4.12. The van der Waals surface area contributed by atoms with Crippen LogP contribution in [0.4, 0.5) is 5.13 Å². The molecule has 0 bridgehead atoms. The summed E-state index contributed by atoms with van der Waals surface area (Å²) in [5, 5.41) is 4.46. The first-order valence-corrected chi connectivity index (χ1v) is 9.00. The average Bonchev–Trinajstić information content (AvgIpc) is 3.08. The average molecular weight is 392 g/mol. The number of nitrogens with one attached hydrogen (secondary N) is 1. The fraction of sp³-hybridized carbons (Fsp3) is 0.333. The number of methoxy groups -OCH3 is 1. The zero-order chi connectivity index (χ0) is 19.6. The third kappa shape index (κ3) is 7.45. The first-order valence-electron chi connectivity index (χ1n) is 8.12. The van der Waals surface area contributed by atoms with E-state index in [0.717, 1.165) is 5.56 Å². The molecule has 8 nitrogen and oxygen atoms in total. The number of rotatable bonds is 9. The number of aryl methyl sites for hydroxylation is 1. The predicted octanol–water partition coefficient (Wildman–Crippen LogP) is 2.12. The number of aromatic nitrogens is 1. The van der Waals surface area contributed by atoms with Crippen LogP contribution in [0.2, 0.25) is 0 Å². The third-order valence-electron chi connectivity index (χ3n) is 3.31. The minimum Gasteiger partial charge on any atom is -0.493 e. The molecule has 144 valence electrons. The van der Waals surface area contributed by atoms with Gasteiger partial charge in [-0.25, -0.2) is 4.98 Å². The summed E-state index contributed by atoms with van der Waals surface area (Å²) in [6, 6.07) is 7.45. The fourth-order valence-corrected chi connectivity index (χ4v) is 2.65. The van der Waals surface area contributed by atoms with E-state index in [-0.39, 0.29) is 19.4 Å². The van der Waals surface area contributed by atoms with Gasteiger partial charge in [-0.3, -0.25) is 19.7 Å². The zero-order valence-electron chi connectivity index (χ0n) is 15.0. The Hall–Kier alpha value is -2.94. The molecule has 27 heavy (non-hydrogen) atoms. The fourth-order valence-electron chi connectivity index (χ4n) is 1.93. The van der Waals surface area contributed by atoms with Gasteiger partial charge in [0.05, 0.1) is 32.3 Å². The second-order valence-corrected chi connectivity index (χ2v) is 6.38. The van der Waals surface area contributed by atoms with Crippen molar-refractivity contribution in [2.75, 3.05) is 25.6 Å². The molecule has 0 spiro atoms. The molecule has 0 aliphatic rings. The topological polar surface area (TPSA) is 104 Å². The Bertz CT molecular complexity index is 787. The number of anilines is 1. The Morgan fingerprint density at radius 3 is 2.59 bits per heavy atom. The van der Waals surface area contributed by atoms with Gasteiger partial charge in [-0.15, -0.1) is 11.3 Å². The number of nitrogens with zero attached hydrogens (tertiary/aromatic N) is 1. The van der Waals surface area contributed by atoms with Gasteiger partial charge in [0.2, 0.25) is 0 Å². The Balaban J connectivity index is 1.65. The van der Waals surface area contributed by atoms with Gasteiger partial charge >= 0.3 is 11.9 Å². The molecule has 0 fully saturated rings. The van der Waals surface area contributed by atoms with E-state index in [2.05, 4.69) is 15.0 Å². The normalized spacial score (nSPS) is 10.1. The molecule has 1 aromatic heterocycles. The van der Waals surface area contributed by atoms with E-state index in [1.54, 1.807) is 5.38 Å². The van der Waals surface area contributed by atoms with Crippen LogP contribution in [0.3, 0.4) is 0 Å². The molecule has 1 N–H and O–H groups in total. The maximum atomic E-state index is 11.8. The lowest BCUT2D eigenvalue weighted by Crippen LogP contribution is -2.21. The van der Waals surface area contributed by atoms with Crippen molar-refractivity contribution < 1.29 is 28.6 Å². The largest absolute Gasteiger partial charge is 0.493 e. The molecule has 0 aliphatic heterocycles. The number of thiazole rings is 1. The second kappa shape index (κ2) is 10.3. The molecule has 2 rings (SSSR count). The van der Waals surface area contributed by atoms with Gasteiger partial charge in [-0.2, -0.15) is 0 Å². The highest BCUT2D eigenvalue weighted by Crippen LogP contribution is 2.16.